The first-order chi connectivity index (χ1) is 13.5. The first-order valence-corrected chi connectivity index (χ1v) is 9.98. The van der Waals surface area contributed by atoms with Crippen LogP contribution >= 0.6 is 11.6 Å². The molecule has 0 aliphatic carbocycles. The molecule has 0 radical (unpaired) electrons. The summed E-state index contributed by atoms with van der Waals surface area (Å²) in [6, 6.07) is 15.0. The number of Topliss-reactive ketones (excluding diaryl/α,β-unsaturated/α-hetero) is 1. The van der Waals surface area contributed by atoms with Crippen LogP contribution in [0, 0.1) is 0 Å². The molecule has 0 bridgehead atoms. The van der Waals surface area contributed by atoms with E-state index in [0.29, 0.717) is 17.9 Å². The zero-order chi connectivity index (χ0) is 19.9. The second-order valence-corrected chi connectivity index (χ2v) is 7.69. The van der Waals surface area contributed by atoms with Gasteiger partial charge in [0.1, 0.15) is 18.5 Å². The molecule has 3 rings (SSSR count). The molecule has 1 fully saturated rings. The number of rotatable bonds is 8. The van der Waals surface area contributed by atoms with Crippen LogP contribution in [0.15, 0.2) is 48.5 Å². The maximum absolute atomic E-state index is 11.3. The van der Waals surface area contributed by atoms with E-state index < -0.39 is 6.10 Å². The lowest BCUT2D eigenvalue weighted by atomic mass is 10.1. The van der Waals surface area contributed by atoms with E-state index in [9.17, 15) is 9.90 Å². The standard InChI is InChI=1S/C22H27ClN2O3/c1-17(26)19-4-8-22(9-5-19)28-16-21(27)15-25-12-10-24(11-13-25)14-18-2-6-20(23)7-3-18/h2-9,21,27H,10-16H2,1H3. The van der Waals surface area contributed by atoms with Crippen molar-refractivity contribution in [1.82, 2.24) is 9.80 Å². The number of benzene rings is 2. The van der Waals surface area contributed by atoms with Crippen molar-refractivity contribution >= 4 is 17.4 Å². The van der Waals surface area contributed by atoms with Crippen molar-refractivity contribution in [3.63, 3.8) is 0 Å². The molecule has 1 heterocycles. The maximum atomic E-state index is 11.3. The molecule has 1 N–H and O–H groups in total. The van der Waals surface area contributed by atoms with Gasteiger partial charge < -0.3 is 9.84 Å². The summed E-state index contributed by atoms with van der Waals surface area (Å²) in [5.41, 5.74) is 1.92. The fourth-order valence-electron chi connectivity index (χ4n) is 3.31. The molecule has 1 aliphatic heterocycles. The van der Waals surface area contributed by atoms with Gasteiger partial charge in [-0.05, 0) is 48.9 Å². The van der Waals surface area contributed by atoms with Crippen LogP contribution in [0.4, 0.5) is 0 Å². The Bertz CT molecular complexity index is 756. The summed E-state index contributed by atoms with van der Waals surface area (Å²) in [5, 5.41) is 11.0. The molecule has 2 aromatic rings. The van der Waals surface area contributed by atoms with Gasteiger partial charge in [-0.15, -0.1) is 0 Å². The number of ketones is 1. The molecule has 1 saturated heterocycles. The lowest BCUT2D eigenvalue weighted by Crippen LogP contribution is -2.48. The Hall–Kier alpha value is -1.92. The lowest BCUT2D eigenvalue weighted by molar-refractivity contribution is 0.0446. The van der Waals surface area contributed by atoms with E-state index in [1.807, 2.05) is 12.1 Å². The van der Waals surface area contributed by atoms with Crippen LogP contribution < -0.4 is 4.74 Å². The molecule has 5 nitrogen and oxygen atoms in total. The fourth-order valence-corrected chi connectivity index (χ4v) is 3.43. The average molecular weight is 403 g/mol. The first kappa shape index (κ1) is 20.8. The van der Waals surface area contributed by atoms with E-state index in [1.165, 1.54) is 12.5 Å². The van der Waals surface area contributed by atoms with Crippen molar-refractivity contribution in [1.29, 1.82) is 0 Å². The van der Waals surface area contributed by atoms with E-state index in [-0.39, 0.29) is 12.4 Å². The SMILES string of the molecule is CC(=O)c1ccc(OCC(O)CN2CCN(Cc3ccc(Cl)cc3)CC2)cc1. The predicted molar refractivity (Wildman–Crippen MR) is 111 cm³/mol. The third kappa shape index (κ3) is 6.31. The molecule has 150 valence electrons. The molecule has 1 atom stereocenters. The number of aliphatic hydroxyl groups excluding tert-OH is 1. The summed E-state index contributed by atoms with van der Waals surface area (Å²) in [7, 11) is 0. The zero-order valence-electron chi connectivity index (χ0n) is 16.2. The Morgan fingerprint density at radius 1 is 1.04 bits per heavy atom. The highest BCUT2D eigenvalue weighted by atomic mass is 35.5. The van der Waals surface area contributed by atoms with Crippen LogP contribution in [0.3, 0.4) is 0 Å². The van der Waals surface area contributed by atoms with Gasteiger partial charge in [-0.3, -0.25) is 14.6 Å². The Labute approximate surface area is 171 Å². The molecule has 1 aliphatic rings. The van der Waals surface area contributed by atoms with Gasteiger partial charge in [-0.1, -0.05) is 23.7 Å². The zero-order valence-corrected chi connectivity index (χ0v) is 16.9. The molecule has 28 heavy (non-hydrogen) atoms. The number of nitrogens with zero attached hydrogens (tertiary/aromatic N) is 2. The minimum absolute atomic E-state index is 0.0294. The number of β-amino-alcohol motifs (C(OH)–C–C–N with tert-alkyl or cyclic N) is 1. The molecule has 0 saturated carbocycles. The van der Waals surface area contributed by atoms with Crippen molar-refractivity contribution in [3.05, 3.63) is 64.7 Å². The minimum Gasteiger partial charge on any atom is -0.491 e. The number of halogens is 1. The molecule has 0 amide bonds. The van der Waals surface area contributed by atoms with E-state index in [1.54, 1.807) is 24.3 Å². The van der Waals surface area contributed by atoms with Gasteiger partial charge in [0.05, 0.1) is 0 Å². The van der Waals surface area contributed by atoms with Gasteiger partial charge in [0.2, 0.25) is 0 Å². The molecule has 2 aromatic carbocycles. The van der Waals surface area contributed by atoms with Crippen molar-refractivity contribution in [2.45, 2.75) is 19.6 Å². The Balaban J connectivity index is 1.36. The van der Waals surface area contributed by atoms with Gasteiger partial charge in [0.15, 0.2) is 5.78 Å². The van der Waals surface area contributed by atoms with Crippen LogP contribution in [0.25, 0.3) is 0 Å². The van der Waals surface area contributed by atoms with Crippen molar-refractivity contribution in [2.24, 2.45) is 0 Å². The highest BCUT2D eigenvalue weighted by molar-refractivity contribution is 6.30. The van der Waals surface area contributed by atoms with Gasteiger partial charge in [-0.25, -0.2) is 0 Å². The number of carbonyl (C=O) groups is 1. The summed E-state index contributed by atoms with van der Waals surface area (Å²) in [4.78, 5) is 16.0. The quantitative estimate of drug-likeness (QED) is 0.687. The molecular weight excluding hydrogens is 376 g/mol. The van der Waals surface area contributed by atoms with Crippen LogP contribution in [0.1, 0.15) is 22.8 Å². The Morgan fingerprint density at radius 3 is 2.25 bits per heavy atom. The van der Waals surface area contributed by atoms with E-state index in [0.717, 1.165) is 37.7 Å². The second-order valence-electron chi connectivity index (χ2n) is 7.25. The molecule has 6 heteroatoms. The fraction of sp³-hybridized carbons (Fsp3) is 0.409. The van der Waals surface area contributed by atoms with Crippen LogP contribution in [0.2, 0.25) is 5.02 Å². The number of ether oxygens (including phenoxy) is 1. The van der Waals surface area contributed by atoms with E-state index in [2.05, 4.69) is 21.9 Å². The van der Waals surface area contributed by atoms with Crippen LogP contribution in [-0.2, 0) is 6.54 Å². The topological polar surface area (TPSA) is 53.0 Å². The summed E-state index contributed by atoms with van der Waals surface area (Å²) < 4.78 is 5.64. The average Bonchev–Trinajstić information content (AvgIpc) is 2.70. The summed E-state index contributed by atoms with van der Waals surface area (Å²) in [6.07, 6.45) is -0.546. The van der Waals surface area contributed by atoms with Gasteiger partial charge in [0, 0.05) is 49.9 Å². The first-order valence-electron chi connectivity index (χ1n) is 9.60. The Kier molecular flexibility index (Phi) is 7.45. The Morgan fingerprint density at radius 2 is 1.64 bits per heavy atom. The van der Waals surface area contributed by atoms with Gasteiger partial charge in [-0.2, -0.15) is 0 Å². The monoisotopic (exact) mass is 402 g/mol. The number of piperazine rings is 1. The third-order valence-electron chi connectivity index (χ3n) is 4.96. The van der Waals surface area contributed by atoms with Crippen molar-refractivity contribution in [3.8, 4) is 5.75 Å². The molecular formula is C22H27ClN2O3. The molecule has 0 aromatic heterocycles. The lowest BCUT2D eigenvalue weighted by Gasteiger charge is -2.35. The predicted octanol–water partition coefficient (Wildman–Crippen LogP) is 3.10. The van der Waals surface area contributed by atoms with Gasteiger partial charge >= 0.3 is 0 Å². The number of carbonyl (C=O) groups excluding carboxylic acids is 1. The smallest absolute Gasteiger partial charge is 0.159 e. The van der Waals surface area contributed by atoms with E-state index >= 15 is 0 Å². The molecule has 0 spiro atoms. The summed E-state index contributed by atoms with van der Waals surface area (Å²) >= 11 is 5.94. The number of hydrogen-bond acceptors (Lipinski definition) is 5. The highest BCUT2D eigenvalue weighted by Gasteiger charge is 2.19. The number of hydrogen-bond donors (Lipinski definition) is 1. The van der Waals surface area contributed by atoms with Gasteiger partial charge in [0.25, 0.3) is 0 Å². The minimum atomic E-state index is -0.546. The second kappa shape index (κ2) is 10.0. The molecule has 1 unspecified atom stereocenters. The van der Waals surface area contributed by atoms with Crippen LogP contribution in [-0.4, -0.2) is 66.1 Å². The summed E-state index contributed by atoms with van der Waals surface area (Å²) in [6.45, 7) is 7.10. The van der Waals surface area contributed by atoms with E-state index in [4.69, 9.17) is 16.3 Å². The van der Waals surface area contributed by atoms with Crippen molar-refractivity contribution < 1.29 is 14.6 Å². The summed E-state index contributed by atoms with van der Waals surface area (Å²) in [5.74, 6) is 0.693. The maximum Gasteiger partial charge on any atom is 0.159 e. The third-order valence-corrected chi connectivity index (χ3v) is 5.21. The normalized spacial score (nSPS) is 16.7. The van der Waals surface area contributed by atoms with Crippen LogP contribution in [0.5, 0.6) is 5.75 Å². The highest BCUT2D eigenvalue weighted by Crippen LogP contribution is 2.14. The number of aliphatic hydroxyl groups is 1. The van der Waals surface area contributed by atoms with Crippen molar-refractivity contribution in [2.75, 3.05) is 39.3 Å². The largest absolute Gasteiger partial charge is 0.491 e.